The van der Waals surface area contributed by atoms with E-state index < -0.39 is 23.8 Å². The highest BCUT2D eigenvalue weighted by Crippen LogP contribution is 2.18. The van der Waals surface area contributed by atoms with E-state index in [2.05, 4.69) is 5.32 Å². The van der Waals surface area contributed by atoms with Crippen LogP contribution in [0.15, 0.2) is 18.2 Å². The molecule has 1 aliphatic heterocycles. The molecule has 0 aliphatic carbocycles. The van der Waals surface area contributed by atoms with Gasteiger partial charge in [-0.25, -0.2) is 8.78 Å². The Morgan fingerprint density at radius 2 is 2.27 bits per heavy atom. The minimum absolute atomic E-state index is 0.125. The molecule has 0 radical (unpaired) electrons. The van der Waals surface area contributed by atoms with E-state index in [0.717, 1.165) is 25.5 Å². The molecular weight excluding hydrogens is 292 g/mol. The number of aliphatic hydroxyl groups is 1. The Morgan fingerprint density at radius 3 is 3.00 bits per heavy atom. The van der Waals surface area contributed by atoms with Crippen LogP contribution < -0.4 is 5.32 Å². The van der Waals surface area contributed by atoms with Crippen molar-refractivity contribution in [2.75, 3.05) is 26.4 Å². The average molecular weight is 315 g/mol. The van der Waals surface area contributed by atoms with E-state index in [0.29, 0.717) is 6.61 Å². The van der Waals surface area contributed by atoms with Crippen molar-refractivity contribution in [2.24, 2.45) is 0 Å². The molecule has 6 heteroatoms. The van der Waals surface area contributed by atoms with Crippen molar-refractivity contribution in [3.63, 3.8) is 0 Å². The molecule has 0 saturated carbocycles. The third kappa shape index (κ3) is 4.98. The van der Waals surface area contributed by atoms with Crippen LogP contribution in [-0.4, -0.2) is 43.7 Å². The Bertz CT molecular complexity index is 467. The minimum Gasteiger partial charge on any atom is -0.389 e. The van der Waals surface area contributed by atoms with Gasteiger partial charge in [-0.2, -0.15) is 0 Å². The summed E-state index contributed by atoms with van der Waals surface area (Å²) in [5.74, 6) is -1.72. The molecule has 2 rings (SSSR count). The quantitative estimate of drug-likeness (QED) is 0.772. The summed E-state index contributed by atoms with van der Waals surface area (Å²) < 4.78 is 37.6. The number of ether oxygens (including phenoxy) is 2. The normalized spacial score (nSPS) is 21.0. The Kier molecular flexibility index (Phi) is 6.70. The highest BCUT2D eigenvalue weighted by molar-refractivity contribution is 5.21. The predicted octanol–water partition coefficient (Wildman–Crippen LogP) is 2.17. The van der Waals surface area contributed by atoms with E-state index >= 15 is 0 Å². The molecule has 0 aromatic heterocycles. The zero-order valence-corrected chi connectivity index (χ0v) is 12.7. The van der Waals surface area contributed by atoms with Gasteiger partial charge in [-0.05, 0) is 25.8 Å². The third-order valence-electron chi connectivity index (χ3n) is 3.75. The van der Waals surface area contributed by atoms with Crippen molar-refractivity contribution in [1.82, 2.24) is 5.32 Å². The van der Waals surface area contributed by atoms with Gasteiger partial charge < -0.3 is 19.9 Å². The Hall–Kier alpha value is -1.08. The van der Waals surface area contributed by atoms with Crippen molar-refractivity contribution in [3.05, 3.63) is 35.4 Å². The number of aliphatic hydroxyl groups excluding tert-OH is 1. The zero-order valence-electron chi connectivity index (χ0n) is 12.7. The standard InChI is InChI=1S/C16H23F2NO3/c1-11(14-5-2-6-15(17)16(14)18)19-8-12(20)9-21-10-13-4-3-7-22-13/h2,5-6,11-13,19-20H,3-4,7-10H2,1H3. The maximum absolute atomic E-state index is 13.6. The van der Waals surface area contributed by atoms with Gasteiger partial charge in [0.05, 0.1) is 25.4 Å². The lowest BCUT2D eigenvalue weighted by Gasteiger charge is -2.19. The van der Waals surface area contributed by atoms with Crippen molar-refractivity contribution >= 4 is 0 Å². The Labute approximate surface area is 129 Å². The molecule has 3 unspecified atom stereocenters. The Balaban J connectivity index is 1.68. The van der Waals surface area contributed by atoms with Crippen LogP contribution in [0.25, 0.3) is 0 Å². The van der Waals surface area contributed by atoms with Crippen LogP contribution in [0.5, 0.6) is 0 Å². The molecule has 1 saturated heterocycles. The maximum Gasteiger partial charge on any atom is 0.163 e. The second-order valence-electron chi connectivity index (χ2n) is 5.60. The fourth-order valence-corrected chi connectivity index (χ4v) is 2.45. The summed E-state index contributed by atoms with van der Waals surface area (Å²) in [7, 11) is 0. The second-order valence-corrected chi connectivity index (χ2v) is 5.60. The van der Waals surface area contributed by atoms with Gasteiger partial charge in [0.1, 0.15) is 0 Å². The number of benzene rings is 1. The van der Waals surface area contributed by atoms with Crippen molar-refractivity contribution in [2.45, 2.75) is 38.0 Å². The molecule has 0 amide bonds. The number of nitrogens with one attached hydrogen (secondary N) is 1. The van der Waals surface area contributed by atoms with Gasteiger partial charge in [-0.3, -0.25) is 0 Å². The van der Waals surface area contributed by atoms with Gasteiger partial charge in [0.25, 0.3) is 0 Å². The highest BCUT2D eigenvalue weighted by atomic mass is 19.2. The van der Waals surface area contributed by atoms with Gasteiger partial charge in [0, 0.05) is 24.8 Å². The van der Waals surface area contributed by atoms with Crippen LogP contribution in [0.3, 0.4) is 0 Å². The fraction of sp³-hybridized carbons (Fsp3) is 0.625. The molecule has 1 heterocycles. The molecule has 0 bridgehead atoms. The first-order chi connectivity index (χ1) is 10.6. The van der Waals surface area contributed by atoms with Crippen molar-refractivity contribution in [1.29, 1.82) is 0 Å². The van der Waals surface area contributed by atoms with E-state index in [4.69, 9.17) is 9.47 Å². The number of rotatable bonds is 8. The topological polar surface area (TPSA) is 50.7 Å². The van der Waals surface area contributed by atoms with Gasteiger partial charge in [-0.1, -0.05) is 12.1 Å². The molecule has 1 aromatic carbocycles. The lowest BCUT2D eigenvalue weighted by molar-refractivity contribution is -0.0168. The SMILES string of the molecule is CC(NCC(O)COCC1CCCO1)c1cccc(F)c1F. The van der Waals surface area contributed by atoms with E-state index in [1.54, 1.807) is 6.92 Å². The summed E-state index contributed by atoms with van der Waals surface area (Å²) in [6, 6.07) is 3.67. The summed E-state index contributed by atoms with van der Waals surface area (Å²) in [4.78, 5) is 0. The van der Waals surface area contributed by atoms with Gasteiger partial charge in [0.15, 0.2) is 11.6 Å². The van der Waals surface area contributed by atoms with Crippen LogP contribution >= 0.6 is 0 Å². The minimum atomic E-state index is -0.869. The molecule has 22 heavy (non-hydrogen) atoms. The molecule has 1 aromatic rings. The lowest BCUT2D eigenvalue weighted by atomic mass is 10.1. The molecule has 0 spiro atoms. The molecule has 1 fully saturated rings. The number of hydrogen-bond donors (Lipinski definition) is 2. The molecular formula is C16H23F2NO3. The molecule has 124 valence electrons. The lowest BCUT2D eigenvalue weighted by Crippen LogP contribution is -2.33. The van der Waals surface area contributed by atoms with Crippen molar-refractivity contribution in [3.8, 4) is 0 Å². The Morgan fingerprint density at radius 1 is 1.45 bits per heavy atom. The van der Waals surface area contributed by atoms with Crippen LogP contribution in [0.1, 0.15) is 31.4 Å². The number of hydrogen-bond acceptors (Lipinski definition) is 4. The molecule has 4 nitrogen and oxygen atoms in total. The summed E-state index contributed by atoms with van der Waals surface area (Å²) >= 11 is 0. The fourth-order valence-electron chi connectivity index (χ4n) is 2.45. The largest absolute Gasteiger partial charge is 0.389 e. The average Bonchev–Trinajstić information content (AvgIpc) is 3.01. The molecule has 3 atom stereocenters. The maximum atomic E-state index is 13.6. The monoisotopic (exact) mass is 315 g/mol. The van der Waals surface area contributed by atoms with Crippen molar-refractivity contribution < 1.29 is 23.4 Å². The number of halogens is 2. The third-order valence-corrected chi connectivity index (χ3v) is 3.75. The van der Waals surface area contributed by atoms with E-state index in [-0.39, 0.29) is 24.8 Å². The van der Waals surface area contributed by atoms with E-state index in [1.165, 1.54) is 12.1 Å². The van der Waals surface area contributed by atoms with Crippen LogP contribution in [0.2, 0.25) is 0 Å². The van der Waals surface area contributed by atoms with E-state index in [1.807, 2.05) is 0 Å². The zero-order chi connectivity index (χ0) is 15.9. The summed E-state index contributed by atoms with van der Waals surface area (Å²) in [6.07, 6.45) is 1.46. The van der Waals surface area contributed by atoms with E-state index in [9.17, 15) is 13.9 Å². The molecule has 2 N–H and O–H groups in total. The van der Waals surface area contributed by atoms with Gasteiger partial charge in [-0.15, -0.1) is 0 Å². The first kappa shape index (κ1) is 17.3. The van der Waals surface area contributed by atoms with Crippen LogP contribution in [0.4, 0.5) is 8.78 Å². The predicted molar refractivity (Wildman–Crippen MR) is 78.6 cm³/mol. The molecule has 1 aliphatic rings. The van der Waals surface area contributed by atoms with Crippen LogP contribution in [0, 0.1) is 11.6 Å². The van der Waals surface area contributed by atoms with Gasteiger partial charge >= 0.3 is 0 Å². The second kappa shape index (κ2) is 8.53. The summed E-state index contributed by atoms with van der Waals surface area (Å²) in [6.45, 7) is 3.39. The van der Waals surface area contributed by atoms with Gasteiger partial charge in [0.2, 0.25) is 0 Å². The summed E-state index contributed by atoms with van der Waals surface area (Å²) in [5, 5.41) is 12.8. The van der Waals surface area contributed by atoms with Crippen LogP contribution in [-0.2, 0) is 9.47 Å². The first-order valence-corrected chi connectivity index (χ1v) is 7.62. The summed E-state index contributed by atoms with van der Waals surface area (Å²) in [5.41, 5.74) is 0.243. The highest BCUT2D eigenvalue weighted by Gasteiger charge is 2.17. The smallest absolute Gasteiger partial charge is 0.163 e. The first-order valence-electron chi connectivity index (χ1n) is 7.62.